The van der Waals surface area contributed by atoms with Crippen LogP contribution in [0.15, 0.2) is 41.3 Å². The molecule has 3 aliphatic heterocycles. The molecule has 0 fully saturated rings. The number of aliphatic hydroxyl groups is 2. The van der Waals surface area contributed by atoms with Crippen LogP contribution in [-0.4, -0.2) is 93.3 Å². The summed E-state index contributed by atoms with van der Waals surface area (Å²) < 4.78 is 23.6. The maximum atomic E-state index is 14.4. The summed E-state index contributed by atoms with van der Waals surface area (Å²) in [7, 11) is 1.43. The second kappa shape index (κ2) is 22.5. The molecule has 0 saturated heterocycles. The highest BCUT2D eigenvalue weighted by Crippen LogP contribution is 2.55. The number of ketones is 1. The molecule has 6 N–H and O–H groups in total. The number of fused-ring (bicyclic) bond motifs is 14. The summed E-state index contributed by atoms with van der Waals surface area (Å²) in [6.07, 6.45) is 13.3. The summed E-state index contributed by atoms with van der Waals surface area (Å²) in [5, 5.41) is 64.5. The fourth-order valence-electron chi connectivity index (χ4n) is 8.32. The van der Waals surface area contributed by atoms with Gasteiger partial charge < -0.3 is 54.6 Å². The van der Waals surface area contributed by atoms with E-state index in [1.807, 2.05) is 0 Å². The Kier molecular flexibility index (Phi) is 18.0. The van der Waals surface area contributed by atoms with Crippen molar-refractivity contribution in [1.29, 1.82) is 0 Å². The van der Waals surface area contributed by atoms with Gasteiger partial charge in [-0.15, -0.1) is 0 Å². The number of esters is 1. The summed E-state index contributed by atoms with van der Waals surface area (Å²) in [5.74, 6) is -8.54. The van der Waals surface area contributed by atoms with Crippen LogP contribution in [0.25, 0.3) is 10.8 Å². The lowest BCUT2D eigenvalue weighted by atomic mass is 9.78. The molecular formula is C48H68N2O13. The number of phenolic OH excluding ortho intramolecular Hbond substituents is 3. The second-order valence-corrected chi connectivity index (χ2v) is 17.2. The van der Waals surface area contributed by atoms with Gasteiger partial charge in [0.15, 0.2) is 5.75 Å². The zero-order valence-electron chi connectivity index (χ0n) is 38.4. The highest BCUT2D eigenvalue weighted by Gasteiger charge is 2.50. The first kappa shape index (κ1) is 50.5. The van der Waals surface area contributed by atoms with Gasteiger partial charge in [-0.1, -0.05) is 96.5 Å². The van der Waals surface area contributed by atoms with E-state index < -0.39 is 88.8 Å². The Morgan fingerprint density at radius 1 is 0.889 bits per heavy atom. The molecular weight excluding hydrogens is 813 g/mol. The van der Waals surface area contributed by atoms with Crippen molar-refractivity contribution in [3.05, 3.63) is 52.8 Å². The molecule has 63 heavy (non-hydrogen) atoms. The van der Waals surface area contributed by atoms with E-state index in [-0.39, 0.29) is 51.1 Å². The zero-order chi connectivity index (χ0) is 46.8. The van der Waals surface area contributed by atoms with Crippen LogP contribution in [-0.2, 0) is 28.6 Å². The number of hydrogen-bond donors (Lipinski definition) is 6. The van der Waals surface area contributed by atoms with E-state index in [0.29, 0.717) is 0 Å². The number of nitrogens with one attached hydrogen (secondary N) is 1. The number of oxime groups is 1. The van der Waals surface area contributed by atoms with Gasteiger partial charge in [0.1, 0.15) is 30.0 Å². The Hall–Kier alpha value is -5.12. The molecule has 9 atom stereocenters. The Morgan fingerprint density at radius 2 is 1.54 bits per heavy atom. The summed E-state index contributed by atoms with van der Waals surface area (Å²) in [6, 6.07) is 0. The molecule has 0 radical (unpaired) electrons. The van der Waals surface area contributed by atoms with Crippen LogP contribution >= 0.6 is 0 Å². The van der Waals surface area contributed by atoms with Crippen molar-refractivity contribution >= 4 is 40.3 Å². The third-order valence-corrected chi connectivity index (χ3v) is 12.4. The van der Waals surface area contributed by atoms with Crippen molar-refractivity contribution in [1.82, 2.24) is 0 Å². The number of allylic oxidation sites excluding steroid dienone is 2. The standard InChI is InChI=1S/C48H68N2O13/c1-11-12-13-14-15-16-17-18-23-61-49-25-33-38-43(56)36-35(42(33)55)37-45(31(7)41(36)54)63-48(9,46(37)57)60-24-22-34(59-10)28(4)44(62-32(8)51)30(6)40(53)29(5)39(52)26(2)20-19-21-27(3)47(58)50-38/h19-22,24-26,28-30,34,39-40,44,52-56H,11-18,23H2,1-10H3,(H,50,58)/b20-19-,24-22-,27-21-,49-25+. The molecule has 15 heteroatoms. The van der Waals surface area contributed by atoms with Crippen molar-refractivity contribution in [3.8, 4) is 23.0 Å². The number of Topliss-reactive ketones (excluding diaryl/α,β-unsaturated/α-hetero) is 1. The number of anilines is 1. The summed E-state index contributed by atoms with van der Waals surface area (Å²) in [6.45, 7) is 14.9. The van der Waals surface area contributed by atoms with Gasteiger partial charge in [-0.3, -0.25) is 14.4 Å². The van der Waals surface area contributed by atoms with E-state index in [1.54, 1.807) is 39.8 Å². The topological polar surface area (TPSA) is 223 Å². The number of unbranched alkanes of at least 4 members (excludes halogenated alkanes) is 7. The minimum Gasteiger partial charge on any atom is -0.507 e. The van der Waals surface area contributed by atoms with Crippen molar-refractivity contribution in [2.45, 2.75) is 144 Å². The highest BCUT2D eigenvalue weighted by molar-refractivity contribution is 6.23. The second-order valence-electron chi connectivity index (χ2n) is 17.2. The lowest BCUT2D eigenvalue weighted by Crippen LogP contribution is -2.46. The predicted octanol–water partition coefficient (Wildman–Crippen LogP) is 8.25. The van der Waals surface area contributed by atoms with E-state index >= 15 is 0 Å². The molecule has 0 spiro atoms. The lowest BCUT2D eigenvalue weighted by Gasteiger charge is -2.38. The third-order valence-electron chi connectivity index (χ3n) is 12.4. The van der Waals surface area contributed by atoms with E-state index in [4.69, 9.17) is 23.8 Å². The van der Waals surface area contributed by atoms with Crippen LogP contribution in [0.3, 0.4) is 0 Å². The number of rotatable bonds is 13. The monoisotopic (exact) mass is 880 g/mol. The lowest BCUT2D eigenvalue weighted by molar-refractivity contribution is -0.160. The van der Waals surface area contributed by atoms with Crippen molar-refractivity contribution in [2.24, 2.45) is 28.8 Å². The van der Waals surface area contributed by atoms with Gasteiger partial charge in [0.05, 0.1) is 53.0 Å². The number of aliphatic hydroxyl groups excluding tert-OH is 2. The number of carbonyl (C=O) groups is 3. The van der Waals surface area contributed by atoms with Crippen LogP contribution in [0.5, 0.6) is 23.0 Å². The Balaban J connectivity index is 1.85. The normalized spacial score (nSPS) is 28.9. The molecule has 0 aliphatic carbocycles. The first-order valence-electron chi connectivity index (χ1n) is 22.1. The summed E-state index contributed by atoms with van der Waals surface area (Å²) in [4.78, 5) is 46.1. The summed E-state index contributed by atoms with van der Waals surface area (Å²) in [5.41, 5.74) is -0.533. The number of hydrogen-bond acceptors (Lipinski definition) is 14. The van der Waals surface area contributed by atoms with E-state index in [0.717, 1.165) is 31.9 Å². The number of benzene rings is 2. The number of carbonyl (C=O) groups excluding carboxylic acids is 3. The van der Waals surface area contributed by atoms with Crippen LogP contribution < -0.4 is 10.1 Å². The predicted molar refractivity (Wildman–Crippen MR) is 240 cm³/mol. The number of phenols is 3. The Bertz CT molecular complexity index is 2080. The summed E-state index contributed by atoms with van der Waals surface area (Å²) >= 11 is 0. The first-order valence-corrected chi connectivity index (χ1v) is 22.1. The number of methoxy groups -OCH3 is 1. The van der Waals surface area contributed by atoms with Crippen LogP contribution in [0.2, 0.25) is 0 Å². The first-order chi connectivity index (χ1) is 29.8. The number of amides is 1. The van der Waals surface area contributed by atoms with Gasteiger partial charge in [-0.25, -0.2) is 0 Å². The molecule has 348 valence electrons. The van der Waals surface area contributed by atoms with Gasteiger partial charge in [-0.05, 0) is 32.8 Å². The average Bonchev–Trinajstić information content (AvgIpc) is 3.51. The van der Waals surface area contributed by atoms with Crippen molar-refractivity contribution in [3.63, 3.8) is 0 Å². The zero-order valence-corrected chi connectivity index (χ0v) is 38.4. The minimum atomic E-state index is -2.06. The largest absolute Gasteiger partial charge is 0.507 e. The highest BCUT2D eigenvalue weighted by atomic mass is 16.7. The minimum absolute atomic E-state index is 0.0432. The molecule has 2 aromatic carbocycles. The van der Waals surface area contributed by atoms with Gasteiger partial charge in [0.25, 0.3) is 11.7 Å². The SMILES string of the molecule is CCCCCCCCCCO/N=C/c1c2c(O)c3c(O)c(C)c4c(c3c1O)C(=O)C(C)(O/C=C\C(OC)C(C)C(OC(C)=O)C(C)C(O)C(C)C(O)C(C)/C=C\C=C(\C)C(=O)N2)O4. The van der Waals surface area contributed by atoms with Gasteiger partial charge in [0, 0.05) is 61.2 Å². The molecule has 9 unspecified atom stereocenters. The quantitative estimate of drug-likeness (QED) is 0.0279. The maximum Gasteiger partial charge on any atom is 0.312 e. The molecule has 15 nitrogen and oxygen atoms in total. The number of aromatic hydroxyl groups is 3. The number of nitrogens with zero attached hydrogens (tertiary/aromatic N) is 1. The fourth-order valence-corrected chi connectivity index (χ4v) is 8.32. The van der Waals surface area contributed by atoms with E-state index in [2.05, 4.69) is 17.4 Å². The number of ether oxygens (including phenoxy) is 4. The third kappa shape index (κ3) is 11.5. The van der Waals surface area contributed by atoms with Crippen molar-refractivity contribution < 1.29 is 63.7 Å². The molecule has 3 aliphatic rings. The average molecular weight is 881 g/mol. The van der Waals surface area contributed by atoms with Crippen LogP contribution in [0, 0.1) is 30.6 Å². The van der Waals surface area contributed by atoms with Gasteiger partial charge in [0.2, 0.25) is 0 Å². The van der Waals surface area contributed by atoms with Gasteiger partial charge in [-0.2, -0.15) is 0 Å². The molecule has 5 bridgehead atoms. The molecule has 1 amide bonds. The van der Waals surface area contributed by atoms with E-state index in [9.17, 15) is 39.9 Å². The van der Waals surface area contributed by atoms with Crippen LogP contribution in [0.1, 0.15) is 128 Å². The van der Waals surface area contributed by atoms with E-state index in [1.165, 1.54) is 78.9 Å². The maximum absolute atomic E-state index is 14.4. The Morgan fingerprint density at radius 3 is 2.17 bits per heavy atom. The Labute approximate surface area is 370 Å². The van der Waals surface area contributed by atoms with Gasteiger partial charge >= 0.3 is 11.8 Å². The molecule has 0 saturated carbocycles. The van der Waals surface area contributed by atoms with Crippen LogP contribution in [0.4, 0.5) is 5.69 Å². The molecule has 5 rings (SSSR count). The van der Waals surface area contributed by atoms with Crippen molar-refractivity contribution in [2.75, 3.05) is 19.0 Å². The molecule has 3 heterocycles. The molecule has 0 aromatic heterocycles. The fraction of sp³-hybridized carbons (Fsp3) is 0.583. The smallest absolute Gasteiger partial charge is 0.312 e. The molecule has 2 aromatic rings.